The van der Waals surface area contributed by atoms with Gasteiger partial charge in [0.15, 0.2) is 0 Å². The third-order valence-corrected chi connectivity index (χ3v) is 4.65. The van der Waals surface area contributed by atoms with Crippen molar-refractivity contribution in [3.63, 3.8) is 0 Å². The summed E-state index contributed by atoms with van der Waals surface area (Å²) in [5.74, 6) is 2.09. The molecule has 1 saturated heterocycles. The second-order valence-electron chi connectivity index (χ2n) is 5.98. The minimum Gasteiger partial charge on any atom is -0.317 e. The molecule has 2 aliphatic rings. The smallest absolute Gasteiger partial charge is 0.00463 e. The van der Waals surface area contributed by atoms with Crippen molar-refractivity contribution in [3.8, 4) is 0 Å². The lowest BCUT2D eigenvalue weighted by Gasteiger charge is -2.25. The molecular formula is C15H29N. The summed E-state index contributed by atoms with van der Waals surface area (Å²) in [6.07, 6.45) is 16.4. The van der Waals surface area contributed by atoms with Gasteiger partial charge < -0.3 is 5.32 Å². The van der Waals surface area contributed by atoms with Gasteiger partial charge in [-0.3, -0.25) is 0 Å². The molecule has 0 aromatic carbocycles. The second-order valence-corrected chi connectivity index (χ2v) is 5.98. The van der Waals surface area contributed by atoms with Crippen LogP contribution in [0.3, 0.4) is 0 Å². The van der Waals surface area contributed by atoms with Crippen molar-refractivity contribution in [1.82, 2.24) is 5.32 Å². The van der Waals surface area contributed by atoms with Gasteiger partial charge in [0.1, 0.15) is 0 Å². The number of hydrogen-bond acceptors (Lipinski definition) is 1. The molecule has 1 heteroatoms. The van der Waals surface area contributed by atoms with Gasteiger partial charge in [0.2, 0.25) is 0 Å². The van der Waals surface area contributed by atoms with E-state index >= 15 is 0 Å². The number of rotatable bonds is 0. The molecule has 0 radical (unpaired) electrons. The quantitative estimate of drug-likeness (QED) is 0.651. The van der Waals surface area contributed by atoms with Crippen molar-refractivity contribution in [2.45, 2.75) is 70.6 Å². The Balaban J connectivity index is 1.88. The predicted octanol–water partition coefficient (Wildman–Crippen LogP) is 4.13. The highest BCUT2D eigenvalue weighted by atomic mass is 14.8. The summed E-state index contributed by atoms with van der Waals surface area (Å²) in [5, 5.41) is 3.62. The number of nitrogens with one attached hydrogen (secondary N) is 1. The van der Waals surface area contributed by atoms with Crippen LogP contribution in [0.4, 0.5) is 0 Å². The van der Waals surface area contributed by atoms with Crippen LogP contribution in [-0.4, -0.2) is 13.1 Å². The molecule has 0 amide bonds. The number of hydrogen-bond donors (Lipinski definition) is 1. The number of fused-ring (bicyclic) bond motifs is 3. The van der Waals surface area contributed by atoms with Gasteiger partial charge in [-0.25, -0.2) is 0 Å². The summed E-state index contributed by atoms with van der Waals surface area (Å²) in [6, 6.07) is 0. The first-order valence-electron chi connectivity index (χ1n) is 7.66. The van der Waals surface area contributed by atoms with Crippen molar-refractivity contribution in [1.29, 1.82) is 0 Å². The molecule has 1 N–H and O–H groups in total. The van der Waals surface area contributed by atoms with Crippen LogP contribution in [0.1, 0.15) is 70.6 Å². The molecular weight excluding hydrogens is 194 g/mol. The molecule has 1 aliphatic heterocycles. The van der Waals surface area contributed by atoms with Crippen molar-refractivity contribution in [2.24, 2.45) is 11.8 Å². The summed E-state index contributed by atoms with van der Waals surface area (Å²) in [4.78, 5) is 0. The van der Waals surface area contributed by atoms with E-state index in [2.05, 4.69) is 5.32 Å². The average Bonchev–Trinajstić information content (AvgIpc) is 2.33. The van der Waals surface area contributed by atoms with E-state index in [4.69, 9.17) is 0 Å². The van der Waals surface area contributed by atoms with Crippen LogP contribution < -0.4 is 5.32 Å². The monoisotopic (exact) mass is 223 g/mol. The van der Waals surface area contributed by atoms with E-state index in [1.165, 1.54) is 83.7 Å². The van der Waals surface area contributed by atoms with Gasteiger partial charge in [0.25, 0.3) is 0 Å². The molecule has 16 heavy (non-hydrogen) atoms. The summed E-state index contributed by atoms with van der Waals surface area (Å²) in [6.45, 7) is 2.54. The fourth-order valence-corrected chi connectivity index (χ4v) is 3.50. The van der Waals surface area contributed by atoms with Crippen molar-refractivity contribution < 1.29 is 0 Å². The predicted molar refractivity (Wildman–Crippen MR) is 70.6 cm³/mol. The highest BCUT2D eigenvalue weighted by Gasteiger charge is 2.16. The Hall–Kier alpha value is -0.0400. The van der Waals surface area contributed by atoms with E-state index in [0.29, 0.717) is 0 Å². The molecule has 0 spiro atoms. The molecule has 0 aromatic rings. The third kappa shape index (κ3) is 4.45. The van der Waals surface area contributed by atoms with Crippen LogP contribution in [0.2, 0.25) is 0 Å². The molecule has 1 aliphatic carbocycles. The summed E-state index contributed by atoms with van der Waals surface area (Å²) in [5.41, 5.74) is 0. The topological polar surface area (TPSA) is 12.0 Å². The van der Waals surface area contributed by atoms with Gasteiger partial charge in [-0.15, -0.1) is 0 Å². The van der Waals surface area contributed by atoms with Crippen molar-refractivity contribution >= 4 is 0 Å². The van der Waals surface area contributed by atoms with Crippen molar-refractivity contribution in [3.05, 3.63) is 0 Å². The molecule has 1 saturated carbocycles. The Bertz CT molecular complexity index is 142. The Morgan fingerprint density at radius 1 is 0.500 bits per heavy atom. The van der Waals surface area contributed by atoms with E-state index in [9.17, 15) is 0 Å². The lowest BCUT2D eigenvalue weighted by atomic mass is 9.83. The van der Waals surface area contributed by atoms with Gasteiger partial charge in [-0.1, -0.05) is 51.4 Å². The van der Waals surface area contributed by atoms with Crippen LogP contribution in [0.5, 0.6) is 0 Å². The minimum atomic E-state index is 1.03. The van der Waals surface area contributed by atoms with E-state index in [0.717, 1.165) is 11.8 Å². The Labute approximate surface area is 101 Å². The van der Waals surface area contributed by atoms with Crippen LogP contribution >= 0.6 is 0 Å². The van der Waals surface area contributed by atoms with Gasteiger partial charge in [0.05, 0.1) is 0 Å². The van der Waals surface area contributed by atoms with E-state index in [-0.39, 0.29) is 0 Å². The van der Waals surface area contributed by atoms with Crippen molar-refractivity contribution in [2.75, 3.05) is 13.1 Å². The molecule has 0 aromatic heterocycles. The molecule has 1 heterocycles. The SMILES string of the molecule is C1CCCC2CCNCCCC(CC1)CC2. The molecule has 2 unspecified atom stereocenters. The molecule has 2 rings (SSSR count). The largest absolute Gasteiger partial charge is 0.317 e. The van der Waals surface area contributed by atoms with E-state index in [1.807, 2.05) is 0 Å². The van der Waals surface area contributed by atoms with E-state index < -0.39 is 0 Å². The van der Waals surface area contributed by atoms with Gasteiger partial charge >= 0.3 is 0 Å². The average molecular weight is 223 g/mol. The first kappa shape index (κ1) is 12.4. The standard InChI is InChI=1S/C15H29N/c1-2-4-7-15-10-9-14(6-3-1)8-5-12-16-13-11-15/h14-16H,1-13H2. The zero-order valence-corrected chi connectivity index (χ0v) is 10.8. The third-order valence-electron chi connectivity index (χ3n) is 4.65. The first-order chi connectivity index (χ1) is 7.95. The van der Waals surface area contributed by atoms with Crippen LogP contribution in [-0.2, 0) is 0 Å². The second kappa shape index (κ2) is 7.32. The molecule has 1 nitrogen and oxygen atoms in total. The molecule has 2 fully saturated rings. The van der Waals surface area contributed by atoms with E-state index in [1.54, 1.807) is 0 Å². The van der Waals surface area contributed by atoms with Crippen LogP contribution in [0.15, 0.2) is 0 Å². The zero-order valence-electron chi connectivity index (χ0n) is 10.8. The Morgan fingerprint density at radius 3 is 1.88 bits per heavy atom. The maximum absolute atomic E-state index is 3.62. The normalized spacial score (nSPS) is 34.5. The fourth-order valence-electron chi connectivity index (χ4n) is 3.50. The fraction of sp³-hybridized carbons (Fsp3) is 1.00. The summed E-state index contributed by atoms with van der Waals surface area (Å²) >= 11 is 0. The van der Waals surface area contributed by atoms with Gasteiger partial charge in [-0.2, -0.15) is 0 Å². The highest BCUT2D eigenvalue weighted by molar-refractivity contribution is 4.70. The lowest BCUT2D eigenvalue weighted by Crippen LogP contribution is -2.22. The Morgan fingerprint density at radius 2 is 1.12 bits per heavy atom. The Kier molecular flexibility index (Phi) is 5.68. The minimum absolute atomic E-state index is 1.03. The molecule has 2 atom stereocenters. The van der Waals surface area contributed by atoms with Gasteiger partial charge in [0, 0.05) is 0 Å². The maximum Gasteiger partial charge on any atom is -0.00463 e. The first-order valence-corrected chi connectivity index (χ1v) is 7.66. The summed E-state index contributed by atoms with van der Waals surface area (Å²) in [7, 11) is 0. The summed E-state index contributed by atoms with van der Waals surface area (Å²) < 4.78 is 0. The molecule has 94 valence electrons. The maximum atomic E-state index is 3.62. The highest BCUT2D eigenvalue weighted by Crippen LogP contribution is 2.29. The zero-order chi connectivity index (χ0) is 11.1. The molecule has 2 bridgehead atoms. The lowest BCUT2D eigenvalue weighted by molar-refractivity contribution is 0.290. The van der Waals surface area contributed by atoms with Crippen LogP contribution in [0.25, 0.3) is 0 Å². The van der Waals surface area contributed by atoms with Gasteiger partial charge in [-0.05, 0) is 44.2 Å². The van der Waals surface area contributed by atoms with Crippen LogP contribution in [0, 0.1) is 11.8 Å².